The predicted octanol–water partition coefficient (Wildman–Crippen LogP) is 2.94. The number of hydrogen-bond donors (Lipinski definition) is 0. The van der Waals surface area contributed by atoms with E-state index in [2.05, 4.69) is 25.7 Å². The van der Waals surface area contributed by atoms with Crippen LogP contribution in [0.15, 0.2) is 0 Å². The van der Waals surface area contributed by atoms with Crippen molar-refractivity contribution in [1.29, 1.82) is 0 Å². The molecule has 3 heterocycles. The normalized spacial score (nSPS) is 21.5. The van der Waals surface area contributed by atoms with E-state index in [1.807, 2.05) is 11.8 Å². The minimum Gasteiger partial charge on any atom is -0.341 e. The highest BCUT2D eigenvalue weighted by atomic mass is 16.2. The van der Waals surface area contributed by atoms with E-state index in [1.165, 1.54) is 29.0 Å². The molecule has 158 valence electrons. The van der Waals surface area contributed by atoms with Crippen molar-refractivity contribution in [1.82, 2.24) is 19.8 Å². The second kappa shape index (κ2) is 7.58. The van der Waals surface area contributed by atoms with Crippen LogP contribution in [-0.2, 0) is 17.6 Å². The number of aromatic nitrogens is 2. The highest BCUT2D eigenvalue weighted by molar-refractivity contribution is 6.07. The zero-order chi connectivity index (χ0) is 20.8. The summed E-state index contributed by atoms with van der Waals surface area (Å²) in [6.07, 6.45) is 5.81. The average molecular weight is 400 g/mol. The molecule has 0 radical (unpaired) electrons. The van der Waals surface area contributed by atoms with Crippen molar-refractivity contribution in [3.8, 4) is 0 Å². The van der Waals surface area contributed by atoms with E-state index in [9.17, 15) is 9.59 Å². The van der Waals surface area contributed by atoms with Gasteiger partial charge < -0.3 is 9.80 Å². The van der Waals surface area contributed by atoms with E-state index in [1.54, 1.807) is 0 Å². The number of urea groups is 1. The molecule has 0 aromatic carbocycles. The predicted molar refractivity (Wildman–Crippen MR) is 112 cm³/mol. The fraction of sp³-hybridized carbons (Fsp3) is 0.727. The molecule has 1 aliphatic carbocycles. The lowest BCUT2D eigenvalue weighted by atomic mass is 9.85. The van der Waals surface area contributed by atoms with Crippen molar-refractivity contribution in [2.24, 2.45) is 5.92 Å². The molecular formula is C22H33N5O2. The maximum atomic E-state index is 13.2. The number of carbonyl (C=O) groups excluding carboxylic acids is 2. The Hall–Kier alpha value is -2.18. The quantitative estimate of drug-likeness (QED) is 0.728. The van der Waals surface area contributed by atoms with E-state index in [0.29, 0.717) is 44.9 Å². The Morgan fingerprint density at radius 1 is 1.07 bits per heavy atom. The first-order chi connectivity index (χ1) is 13.9. The van der Waals surface area contributed by atoms with Crippen LogP contribution >= 0.6 is 0 Å². The Labute approximate surface area is 173 Å². The van der Waals surface area contributed by atoms with E-state index >= 15 is 0 Å². The molecule has 3 aliphatic rings. The Bertz CT molecular complexity index is 814. The van der Waals surface area contributed by atoms with Gasteiger partial charge in [0.05, 0.1) is 0 Å². The van der Waals surface area contributed by atoms with E-state index < -0.39 is 5.54 Å². The van der Waals surface area contributed by atoms with Gasteiger partial charge in [0.15, 0.2) is 0 Å². The summed E-state index contributed by atoms with van der Waals surface area (Å²) < 4.78 is 0. The number of nitrogens with zero attached hydrogens (tertiary/aromatic N) is 5. The maximum absolute atomic E-state index is 13.2. The Balaban J connectivity index is 1.57. The molecule has 7 heteroatoms. The molecule has 1 spiro atoms. The van der Waals surface area contributed by atoms with Gasteiger partial charge in [0.2, 0.25) is 5.95 Å². The van der Waals surface area contributed by atoms with Crippen LogP contribution in [0.25, 0.3) is 0 Å². The molecule has 3 amide bonds. The number of anilines is 1. The van der Waals surface area contributed by atoms with Gasteiger partial charge in [-0.3, -0.25) is 9.69 Å². The largest absolute Gasteiger partial charge is 0.341 e. The first-order valence-electron chi connectivity index (χ1n) is 11.1. The van der Waals surface area contributed by atoms with Crippen LogP contribution in [0, 0.1) is 12.8 Å². The molecule has 0 N–H and O–H groups in total. The van der Waals surface area contributed by atoms with Crippen LogP contribution in [0.3, 0.4) is 0 Å². The standard InChI is InChI=1S/C22H33N5O2/c1-5-26-19(28)22(27(21(26)29)14-15(2)3)10-12-25(13-11-22)20-23-16(4)17-8-6-7-9-18(17)24-20/h15H,5-14H2,1-4H3. The van der Waals surface area contributed by atoms with Gasteiger partial charge in [0.25, 0.3) is 5.91 Å². The van der Waals surface area contributed by atoms with Crippen molar-refractivity contribution in [2.75, 3.05) is 31.1 Å². The average Bonchev–Trinajstić information content (AvgIpc) is 2.89. The second-order valence-corrected chi connectivity index (χ2v) is 9.10. The number of rotatable bonds is 4. The first-order valence-corrected chi connectivity index (χ1v) is 11.1. The van der Waals surface area contributed by atoms with Gasteiger partial charge in [-0.2, -0.15) is 0 Å². The monoisotopic (exact) mass is 399 g/mol. The van der Waals surface area contributed by atoms with E-state index in [4.69, 9.17) is 9.97 Å². The number of hydrogen-bond acceptors (Lipinski definition) is 5. The van der Waals surface area contributed by atoms with E-state index in [0.717, 1.165) is 24.5 Å². The lowest BCUT2D eigenvalue weighted by Gasteiger charge is -2.42. The third-order valence-electron chi connectivity index (χ3n) is 6.74. The molecule has 4 rings (SSSR count). The number of carbonyl (C=O) groups is 2. The van der Waals surface area contributed by atoms with Crippen molar-refractivity contribution < 1.29 is 9.59 Å². The molecular weight excluding hydrogens is 366 g/mol. The Morgan fingerprint density at radius 2 is 1.76 bits per heavy atom. The third kappa shape index (κ3) is 3.28. The third-order valence-corrected chi connectivity index (χ3v) is 6.74. The molecule has 0 unspecified atom stereocenters. The summed E-state index contributed by atoms with van der Waals surface area (Å²) >= 11 is 0. The molecule has 0 atom stereocenters. The maximum Gasteiger partial charge on any atom is 0.327 e. The molecule has 7 nitrogen and oxygen atoms in total. The van der Waals surface area contributed by atoms with Gasteiger partial charge in [0, 0.05) is 37.6 Å². The van der Waals surface area contributed by atoms with Crippen LogP contribution in [0.4, 0.5) is 10.7 Å². The summed E-state index contributed by atoms with van der Waals surface area (Å²) in [6, 6.07) is -0.125. The fourth-order valence-corrected chi connectivity index (χ4v) is 5.15. The summed E-state index contributed by atoms with van der Waals surface area (Å²) in [5, 5.41) is 0. The lowest BCUT2D eigenvalue weighted by molar-refractivity contribution is -0.134. The van der Waals surface area contributed by atoms with Crippen molar-refractivity contribution in [3.05, 3.63) is 17.0 Å². The molecule has 2 fully saturated rings. The SMILES string of the molecule is CCN1C(=O)N(CC(C)C)C2(CCN(c3nc(C)c4c(n3)CCCC4)CC2)C1=O. The summed E-state index contributed by atoms with van der Waals surface area (Å²) in [5.74, 6) is 1.09. The summed E-state index contributed by atoms with van der Waals surface area (Å²) in [4.78, 5) is 41.3. The number of likely N-dealkylation sites (N-methyl/N-ethyl adjacent to an activating group) is 1. The van der Waals surface area contributed by atoms with Gasteiger partial charge in [-0.25, -0.2) is 14.8 Å². The van der Waals surface area contributed by atoms with Crippen molar-refractivity contribution >= 4 is 17.9 Å². The van der Waals surface area contributed by atoms with E-state index in [-0.39, 0.29) is 11.9 Å². The minimum atomic E-state index is -0.697. The molecule has 2 saturated heterocycles. The van der Waals surface area contributed by atoms with Crippen LogP contribution in [0.5, 0.6) is 0 Å². The number of aryl methyl sites for hydroxylation is 2. The van der Waals surface area contributed by atoms with Crippen LogP contribution in [0.1, 0.15) is 63.4 Å². The molecule has 0 bridgehead atoms. The van der Waals surface area contributed by atoms with Gasteiger partial charge >= 0.3 is 6.03 Å². The first kappa shape index (κ1) is 20.1. The molecule has 1 aromatic rings. The van der Waals surface area contributed by atoms with Gasteiger partial charge in [-0.05, 0) is 63.9 Å². The van der Waals surface area contributed by atoms with Crippen molar-refractivity contribution in [2.45, 2.75) is 71.8 Å². The van der Waals surface area contributed by atoms with Crippen LogP contribution in [-0.4, -0.2) is 63.4 Å². The number of piperidine rings is 1. The number of amides is 3. The van der Waals surface area contributed by atoms with Crippen LogP contribution in [0.2, 0.25) is 0 Å². The summed E-state index contributed by atoms with van der Waals surface area (Å²) in [5.41, 5.74) is 2.92. The van der Waals surface area contributed by atoms with Crippen LogP contribution < -0.4 is 4.90 Å². The summed E-state index contributed by atoms with van der Waals surface area (Å²) in [6.45, 7) is 10.6. The highest BCUT2D eigenvalue weighted by Gasteiger charge is 2.57. The molecule has 29 heavy (non-hydrogen) atoms. The fourth-order valence-electron chi connectivity index (χ4n) is 5.15. The zero-order valence-electron chi connectivity index (χ0n) is 18.2. The highest BCUT2D eigenvalue weighted by Crippen LogP contribution is 2.38. The lowest BCUT2D eigenvalue weighted by Crippen LogP contribution is -2.57. The zero-order valence-corrected chi connectivity index (χ0v) is 18.2. The van der Waals surface area contributed by atoms with Crippen molar-refractivity contribution in [3.63, 3.8) is 0 Å². The van der Waals surface area contributed by atoms with Gasteiger partial charge in [-0.1, -0.05) is 13.8 Å². The molecule has 0 saturated carbocycles. The topological polar surface area (TPSA) is 69.6 Å². The molecule has 1 aromatic heterocycles. The Morgan fingerprint density at radius 3 is 2.41 bits per heavy atom. The molecule has 2 aliphatic heterocycles. The number of imide groups is 1. The smallest absolute Gasteiger partial charge is 0.327 e. The van der Waals surface area contributed by atoms with Gasteiger partial charge in [-0.15, -0.1) is 0 Å². The minimum absolute atomic E-state index is 0.0205. The number of fused-ring (bicyclic) bond motifs is 1. The van der Waals surface area contributed by atoms with Gasteiger partial charge in [0.1, 0.15) is 5.54 Å². The Kier molecular flexibility index (Phi) is 5.25. The second-order valence-electron chi connectivity index (χ2n) is 9.10. The summed E-state index contributed by atoms with van der Waals surface area (Å²) in [7, 11) is 0.